The van der Waals surface area contributed by atoms with Gasteiger partial charge in [0, 0.05) is 39.1 Å². The van der Waals surface area contributed by atoms with Crippen LogP contribution in [0.1, 0.15) is 18.9 Å². The van der Waals surface area contributed by atoms with Crippen molar-refractivity contribution in [3.8, 4) is 0 Å². The van der Waals surface area contributed by atoms with Gasteiger partial charge in [0.25, 0.3) is 0 Å². The number of benzene rings is 1. The van der Waals surface area contributed by atoms with Crippen molar-refractivity contribution in [2.45, 2.75) is 19.9 Å². The van der Waals surface area contributed by atoms with E-state index >= 15 is 0 Å². The summed E-state index contributed by atoms with van der Waals surface area (Å²) in [5, 5.41) is 0. The summed E-state index contributed by atoms with van der Waals surface area (Å²) >= 11 is 0. The fourth-order valence-electron chi connectivity index (χ4n) is 2.24. The Hall–Kier alpha value is -1.35. The molecule has 1 fully saturated rings. The molecule has 1 amide bonds. The second-order valence-corrected chi connectivity index (χ2v) is 4.49. The number of carbonyl (C=O) groups is 1. The minimum Gasteiger partial charge on any atom is -0.342 e. The molecule has 0 radical (unpaired) electrons. The van der Waals surface area contributed by atoms with Gasteiger partial charge in [0.1, 0.15) is 0 Å². The third-order valence-corrected chi connectivity index (χ3v) is 3.31. The quantitative estimate of drug-likeness (QED) is 0.792. The molecule has 3 nitrogen and oxygen atoms in total. The number of amides is 1. The first-order chi connectivity index (χ1) is 8.29. The third-order valence-electron chi connectivity index (χ3n) is 3.31. The molecule has 0 aromatic heterocycles. The van der Waals surface area contributed by atoms with Gasteiger partial charge in [-0.05, 0) is 12.5 Å². The van der Waals surface area contributed by atoms with Gasteiger partial charge in [0.15, 0.2) is 0 Å². The Kier molecular flexibility index (Phi) is 4.15. The van der Waals surface area contributed by atoms with Crippen LogP contribution in [0.2, 0.25) is 0 Å². The summed E-state index contributed by atoms with van der Waals surface area (Å²) in [6.45, 7) is 6.55. The minimum absolute atomic E-state index is 0.295. The van der Waals surface area contributed by atoms with Crippen molar-refractivity contribution < 1.29 is 4.79 Å². The van der Waals surface area contributed by atoms with Crippen molar-refractivity contribution >= 4 is 5.91 Å². The zero-order valence-electron chi connectivity index (χ0n) is 10.4. The first kappa shape index (κ1) is 12.1. The van der Waals surface area contributed by atoms with Crippen molar-refractivity contribution in [3.05, 3.63) is 35.9 Å². The van der Waals surface area contributed by atoms with Gasteiger partial charge in [-0.15, -0.1) is 0 Å². The van der Waals surface area contributed by atoms with Crippen molar-refractivity contribution in [2.75, 3.05) is 26.2 Å². The molecular formula is C14H20N2O. The predicted molar refractivity (Wildman–Crippen MR) is 68.6 cm³/mol. The van der Waals surface area contributed by atoms with Crippen molar-refractivity contribution in [1.29, 1.82) is 0 Å². The summed E-state index contributed by atoms with van der Waals surface area (Å²) in [7, 11) is 0. The van der Waals surface area contributed by atoms with Crippen LogP contribution in [0.3, 0.4) is 0 Å². The van der Waals surface area contributed by atoms with Crippen LogP contribution in [0.25, 0.3) is 0 Å². The normalized spacial score (nSPS) is 18.2. The lowest BCUT2D eigenvalue weighted by Gasteiger charge is -2.20. The molecule has 0 saturated carbocycles. The highest BCUT2D eigenvalue weighted by molar-refractivity contribution is 5.76. The summed E-state index contributed by atoms with van der Waals surface area (Å²) in [5.41, 5.74) is 1.32. The van der Waals surface area contributed by atoms with E-state index in [1.807, 2.05) is 17.9 Å². The Labute approximate surface area is 103 Å². The van der Waals surface area contributed by atoms with Gasteiger partial charge in [0.2, 0.25) is 5.91 Å². The smallest absolute Gasteiger partial charge is 0.223 e. The van der Waals surface area contributed by atoms with Gasteiger partial charge in [-0.1, -0.05) is 30.3 Å². The zero-order chi connectivity index (χ0) is 12.1. The Balaban J connectivity index is 1.93. The number of hydrogen-bond acceptors (Lipinski definition) is 2. The highest BCUT2D eigenvalue weighted by atomic mass is 16.2. The number of likely N-dealkylation sites (N-methyl/N-ethyl adjacent to an activating group) is 1. The van der Waals surface area contributed by atoms with E-state index in [0.29, 0.717) is 12.3 Å². The molecule has 1 saturated heterocycles. The molecule has 1 heterocycles. The molecule has 1 aromatic carbocycles. The van der Waals surface area contributed by atoms with E-state index in [-0.39, 0.29) is 0 Å². The zero-order valence-corrected chi connectivity index (χ0v) is 10.4. The maximum atomic E-state index is 11.7. The first-order valence-electron chi connectivity index (χ1n) is 6.33. The molecule has 3 heteroatoms. The highest BCUT2D eigenvalue weighted by Crippen LogP contribution is 2.09. The van der Waals surface area contributed by atoms with Gasteiger partial charge in [-0.3, -0.25) is 9.69 Å². The molecular weight excluding hydrogens is 212 g/mol. The minimum atomic E-state index is 0.295. The van der Waals surface area contributed by atoms with Crippen molar-refractivity contribution in [3.63, 3.8) is 0 Å². The van der Waals surface area contributed by atoms with E-state index in [9.17, 15) is 4.79 Å². The van der Waals surface area contributed by atoms with Gasteiger partial charge in [-0.2, -0.15) is 0 Å². The Morgan fingerprint density at radius 2 is 1.88 bits per heavy atom. The monoisotopic (exact) mass is 232 g/mol. The summed E-state index contributed by atoms with van der Waals surface area (Å²) < 4.78 is 0. The van der Waals surface area contributed by atoms with E-state index in [0.717, 1.165) is 32.7 Å². The number of carbonyl (C=O) groups excluding carboxylic acids is 1. The standard InChI is InChI=1S/C14H20N2O/c1-2-16-11-10-15(9-8-14(16)17)12-13-6-4-3-5-7-13/h3-7H,2,8-12H2,1H3. The molecule has 0 atom stereocenters. The average molecular weight is 232 g/mol. The van der Waals surface area contributed by atoms with Crippen molar-refractivity contribution in [1.82, 2.24) is 9.80 Å². The lowest BCUT2D eigenvalue weighted by Crippen LogP contribution is -2.32. The van der Waals surface area contributed by atoms with E-state index in [1.54, 1.807) is 0 Å². The van der Waals surface area contributed by atoms with Crippen LogP contribution >= 0.6 is 0 Å². The fourth-order valence-corrected chi connectivity index (χ4v) is 2.24. The Morgan fingerprint density at radius 1 is 1.12 bits per heavy atom. The molecule has 92 valence electrons. The van der Waals surface area contributed by atoms with E-state index < -0.39 is 0 Å². The van der Waals surface area contributed by atoms with Crippen LogP contribution in [-0.2, 0) is 11.3 Å². The molecule has 1 aliphatic rings. The predicted octanol–water partition coefficient (Wildman–Crippen LogP) is 1.74. The Morgan fingerprint density at radius 3 is 2.59 bits per heavy atom. The second-order valence-electron chi connectivity index (χ2n) is 4.49. The molecule has 2 rings (SSSR count). The molecule has 0 N–H and O–H groups in total. The van der Waals surface area contributed by atoms with Crippen LogP contribution in [0.5, 0.6) is 0 Å². The molecule has 1 aliphatic heterocycles. The lowest BCUT2D eigenvalue weighted by molar-refractivity contribution is -0.130. The van der Waals surface area contributed by atoms with Crippen molar-refractivity contribution in [2.24, 2.45) is 0 Å². The summed E-state index contributed by atoms with van der Waals surface area (Å²) in [5.74, 6) is 0.295. The number of nitrogens with zero attached hydrogens (tertiary/aromatic N) is 2. The maximum absolute atomic E-state index is 11.7. The number of hydrogen-bond donors (Lipinski definition) is 0. The molecule has 0 unspecified atom stereocenters. The van der Waals surface area contributed by atoms with Crippen LogP contribution in [0, 0.1) is 0 Å². The fraction of sp³-hybridized carbons (Fsp3) is 0.500. The van der Waals surface area contributed by atoms with Crippen LogP contribution < -0.4 is 0 Å². The van der Waals surface area contributed by atoms with Crippen LogP contribution in [0.15, 0.2) is 30.3 Å². The summed E-state index contributed by atoms with van der Waals surface area (Å²) in [6, 6.07) is 10.5. The average Bonchev–Trinajstić information content (AvgIpc) is 2.53. The van der Waals surface area contributed by atoms with Gasteiger partial charge in [-0.25, -0.2) is 0 Å². The van der Waals surface area contributed by atoms with Crippen LogP contribution in [0.4, 0.5) is 0 Å². The topological polar surface area (TPSA) is 23.6 Å². The second kappa shape index (κ2) is 5.82. The maximum Gasteiger partial charge on any atom is 0.223 e. The largest absolute Gasteiger partial charge is 0.342 e. The molecule has 17 heavy (non-hydrogen) atoms. The molecule has 0 spiro atoms. The first-order valence-corrected chi connectivity index (χ1v) is 6.33. The molecule has 0 bridgehead atoms. The highest BCUT2D eigenvalue weighted by Gasteiger charge is 2.19. The molecule has 0 aliphatic carbocycles. The van der Waals surface area contributed by atoms with Gasteiger partial charge < -0.3 is 4.90 Å². The lowest BCUT2D eigenvalue weighted by atomic mass is 10.2. The van der Waals surface area contributed by atoms with E-state index in [4.69, 9.17) is 0 Å². The third kappa shape index (κ3) is 3.30. The SMILES string of the molecule is CCN1CCN(Cc2ccccc2)CCC1=O. The van der Waals surface area contributed by atoms with E-state index in [2.05, 4.69) is 29.2 Å². The van der Waals surface area contributed by atoms with E-state index in [1.165, 1.54) is 5.56 Å². The number of rotatable bonds is 3. The summed E-state index contributed by atoms with van der Waals surface area (Å²) in [4.78, 5) is 16.1. The van der Waals surface area contributed by atoms with Crippen LogP contribution in [-0.4, -0.2) is 41.9 Å². The van der Waals surface area contributed by atoms with Gasteiger partial charge >= 0.3 is 0 Å². The summed E-state index contributed by atoms with van der Waals surface area (Å²) in [6.07, 6.45) is 0.653. The molecule has 1 aromatic rings. The Bertz CT molecular complexity index is 364. The van der Waals surface area contributed by atoms with Gasteiger partial charge in [0.05, 0.1) is 0 Å².